The van der Waals surface area contributed by atoms with E-state index >= 15 is 0 Å². The number of aryl methyl sites for hydroxylation is 2. The number of nitrogens with one attached hydrogen (secondary N) is 2. The second-order valence-electron chi connectivity index (χ2n) is 6.76. The van der Waals surface area contributed by atoms with Gasteiger partial charge < -0.3 is 10.6 Å². The lowest BCUT2D eigenvalue weighted by molar-refractivity contribution is -0.127. The number of rotatable bonds is 6. The predicted octanol–water partition coefficient (Wildman–Crippen LogP) is 3.09. The smallest absolute Gasteiger partial charge is 0.233 e. The van der Waals surface area contributed by atoms with Crippen molar-refractivity contribution < 1.29 is 9.59 Å². The first kappa shape index (κ1) is 19.3. The van der Waals surface area contributed by atoms with Crippen molar-refractivity contribution in [3.05, 3.63) is 71.8 Å². The Morgan fingerprint density at radius 1 is 1.07 bits per heavy atom. The average molecular weight is 377 g/mol. The van der Waals surface area contributed by atoms with Gasteiger partial charge >= 0.3 is 0 Å². The van der Waals surface area contributed by atoms with Crippen LogP contribution >= 0.6 is 0 Å². The molecule has 2 N–H and O–H groups in total. The first-order chi connectivity index (χ1) is 13.4. The fourth-order valence-electron chi connectivity index (χ4n) is 2.93. The van der Waals surface area contributed by atoms with E-state index in [0.717, 1.165) is 28.1 Å². The van der Waals surface area contributed by atoms with Crippen LogP contribution in [0.3, 0.4) is 0 Å². The molecule has 1 unspecified atom stereocenters. The Morgan fingerprint density at radius 2 is 1.82 bits per heavy atom. The van der Waals surface area contributed by atoms with Gasteiger partial charge in [0.25, 0.3) is 0 Å². The van der Waals surface area contributed by atoms with E-state index in [1.54, 1.807) is 11.0 Å². The summed E-state index contributed by atoms with van der Waals surface area (Å²) in [5.74, 6) is -0.659. The van der Waals surface area contributed by atoms with Crippen molar-refractivity contribution in [1.29, 1.82) is 0 Å². The van der Waals surface area contributed by atoms with Crippen LogP contribution in [0.15, 0.2) is 55.1 Å². The van der Waals surface area contributed by atoms with Crippen LogP contribution in [-0.2, 0) is 9.59 Å². The largest absolute Gasteiger partial charge is 0.349 e. The summed E-state index contributed by atoms with van der Waals surface area (Å²) in [6, 6.07) is 13.2. The standard InChI is InChI=1S/C21H23N5O2/c1-14-4-9-19(15(2)10-14)25-21(28)11-20(27)24-16(3)17-5-7-18(8-6-17)26-13-22-12-23-26/h4-10,12-13,16H,11H2,1-3H3,(H,24,27)(H,25,28). The molecule has 7 nitrogen and oxygen atoms in total. The van der Waals surface area contributed by atoms with E-state index in [1.165, 1.54) is 6.33 Å². The number of aromatic nitrogens is 3. The van der Waals surface area contributed by atoms with Gasteiger partial charge in [0.1, 0.15) is 19.1 Å². The molecule has 0 fully saturated rings. The molecular weight excluding hydrogens is 354 g/mol. The number of carbonyl (C=O) groups is 2. The van der Waals surface area contributed by atoms with E-state index in [0.29, 0.717) is 0 Å². The Bertz CT molecular complexity index is 965. The van der Waals surface area contributed by atoms with Crippen LogP contribution in [-0.4, -0.2) is 26.6 Å². The average Bonchev–Trinajstić information content (AvgIpc) is 3.18. The molecule has 0 aliphatic heterocycles. The molecule has 0 saturated heterocycles. The van der Waals surface area contributed by atoms with Crippen molar-refractivity contribution >= 4 is 17.5 Å². The fourth-order valence-corrected chi connectivity index (χ4v) is 2.93. The third kappa shape index (κ3) is 4.82. The molecule has 3 rings (SSSR count). The maximum Gasteiger partial charge on any atom is 0.233 e. The first-order valence-electron chi connectivity index (χ1n) is 9.04. The second kappa shape index (κ2) is 8.47. The highest BCUT2D eigenvalue weighted by molar-refractivity contribution is 6.03. The summed E-state index contributed by atoms with van der Waals surface area (Å²) in [6.07, 6.45) is 2.86. The maximum absolute atomic E-state index is 12.2. The van der Waals surface area contributed by atoms with Crippen molar-refractivity contribution in [3.63, 3.8) is 0 Å². The number of hydrogen-bond acceptors (Lipinski definition) is 4. The topological polar surface area (TPSA) is 88.9 Å². The first-order valence-corrected chi connectivity index (χ1v) is 9.04. The van der Waals surface area contributed by atoms with Gasteiger partial charge in [-0.3, -0.25) is 9.59 Å². The lowest BCUT2D eigenvalue weighted by atomic mass is 10.1. The molecule has 0 aliphatic rings. The van der Waals surface area contributed by atoms with E-state index in [1.807, 2.05) is 63.2 Å². The van der Waals surface area contributed by atoms with Gasteiger partial charge in [-0.15, -0.1) is 0 Å². The summed E-state index contributed by atoms with van der Waals surface area (Å²) in [5, 5.41) is 9.72. The zero-order valence-corrected chi connectivity index (χ0v) is 16.1. The van der Waals surface area contributed by atoms with Gasteiger partial charge in [0.05, 0.1) is 11.7 Å². The van der Waals surface area contributed by atoms with E-state index in [4.69, 9.17) is 0 Å². The number of nitrogens with zero attached hydrogens (tertiary/aromatic N) is 3. The van der Waals surface area contributed by atoms with Crippen molar-refractivity contribution in [3.8, 4) is 5.69 Å². The van der Waals surface area contributed by atoms with E-state index < -0.39 is 0 Å². The molecule has 7 heteroatoms. The van der Waals surface area contributed by atoms with Gasteiger partial charge in [-0.25, -0.2) is 9.67 Å². The molecule has 0 radical (unpaired) electrons. The Labute approximate surface area is 163 Å². The van der Waals surface area contributed by atoms with Crippen LogP contribution in [0, 0.1) is 13.8 Å². The molecule has 0 saturated carbocycles. The highest BCUT2D eigenvalue weighted by atomic mass is 16.2. The van der Waals surface area contributed by atoms with Crippen LogP contribution in [0.4, 0.5) is 5.69 Å². The monoisotopic (exact) mass is 377 g/mol. The molecule has 28 heavy (non-hydrogen) atoms. The summed E-state index contributed by atoms with van der Waals surface area (Å²) >= 11 is 0. The molecular formula is C21H23N5O2. The zero-order valence-electron chi connectivity index (χ0n) is 16.1. The van der Waals surface area contributed by atoms with Crippen molar-refractivity contribution in [1.82, 2.24) is 20.1 Å². The lowest BCUT2D eigenvalue weighted by Crippen LogP contribution is -2.30. The highest BCUT2D eigenvalue weighted by Gasteiger charge is 2.14. The van der Waals surface area contributed by atoms with Crippen molar-refractivity contribution in [2.24, 2.45) is 0 Å². The molecule has 0 bridgehead atoms. The third-order valence-corrected chi connectivity index (χ3v) is 4.43. The Hall–Kier alpha value is -3.48. The molecule has 144 valence electrons. The van der Waals surface area contributed by atoms with Crippen LogP contribution < -0.4 is 10.6 Å². The minimum atomic E-state index is -0.335. The third-order valence-electron chi connectivity index (χ3n) is 4.43. The maximum atomic E-state index is 12.2. The molecule has 1 atom stereocenters. The fraction of sp³-hybridized carbons (Fsp3) is 0.238. The molecule has 3 aromatic rings. The highest BCUT2D eigenvalue weighted by Crippen LogP contribution is 2.17. The zero-order chi connectivity index (χ0) is 20.1. The molecule has 1 heterocycles. The van der Waals surface area contributed by atoms with Gasteiger partial charge in [0, 0.05) is 5.69 Å². The lowest BCUT2D eigenvalue weighted by Gasteiger charge is -2.15. The van der Waals surface area contributed by atoms with Gasteiger partial charge in [-0.05, 0) is 50.1 Å². The predicted molar refractivity (Wildman–Crippen MR) is 107 cm³/mol. The van der Waals surface area contributed by atoms with Crippen LogP contribution in [0.2, 0.25) is 0 Å². The summed E-state index contributed by atoms with van der Waals surface area (Å²) in [6.45, 7) is 5.80. The normalized spacial score (nSPS) is 11.7. The minimum absolute atomic E-state index is 0.216. The quantitative estimate of drug-likeness (QED) is 0.646. The van der Waals surface area contributed by atoms with Crippen molar-refractivity contribution in [2.45, 2.75) is 33.2 Å². The molecule has 1 aromatic heterocycles. The SMILES string of the molecule is Cc1ccc(NC(=O)CC(=O)NC(C)c2ccc(-n3cncn3)cc2)c(C)c1. The van der Waals surface area contributed by atoms with E-state index in [-0.39, 0.29) is 24.3 Å². The summed E-state index contributed by atoms with van der Waals surface area (Å²) in [4.78, 5) is 28.3. The molecule has 2 amide bonds. The minimum Gasteiger partial charge on any atom is -0.349 e. The van der Waals surface area contributed by atoms with Gasteiger partial charge in [0.15, 0.2) is 0 Å². The van der Waals surface area contributed by atoms with E-state index in [9.17, 15) is 9.59 Å². The number of hydrogen-bond donors (Lipinski definition) is 2. The second-order valence-corrected chi connectivity index (χ2v) is 6.76. The number of carbonyl (C=O) groups excluding carboxylic acids is 2. The number of benzene rings is 2. The Morgan fingerprint density at radius 3 is 2.46 bits per heavy atom. The molecule has 0 aliphatic carbocycles. The van der Waals surface area contributed by atoms with Crippen LogP contribution in [0.25, 0.3) is 5.69 Å². The summed E-state index contributed by atoms with van der Waals surface area (Å²) in [7, 11) is 0. The van der Waals surface area contributed by atoms with E-state index in [2.05, 4.69) is 20.7 Å². The molecule has 0 spiro atoms. The van der Waals surface area contributed by atoms with Crippen LogP contribution in [0.1, 0.15) is 36.1 Å². The van der Waals surface area contributed by atoms with Crippen LogP contribution in [0.5, 0.6) is 0 Å². The summed E-state index contributed by atoms with van der Waals surface area (Å²) in [5.41, 5.74) is 4.63. The Balaban J connectivity index is 1.54. The summed E-state index contributed by atoms with van der Waals surface area (Å²) < 4.78 is 1.66. The molecule has 2 aromatic carbocycles. The van der Waals surface area contributed by atoms with Crippen molar-refractivity contribution in [2.75, 3.05) is 5.32 Å². The van der Waals surface area contributed by atoms with Gasteiger partial charge in [0.2, 0.25) is 11.8 Å². The number of amides is 2. The van der Waals surface area contributed by atoms with Gasteiger partial charge in [-0.1, -0.05) is 29.8 Å². The Kier molecular flexibility index (Phi) is 5.84. The number of anilines is 1. The van der Waals surface area contributed by atoms with Gasteiger partial charge in [-0.2, -0.15) is 5.10 Å².